The van der Waals surface area contributed by atoms with Gasteiger partial charge in [0.2, 0.25) is 0 Å². The monoisotopic (exact) mass is 353 g/mol. The number of hydrogen-bond acceptors (Lipinski definition) is 4. The molecule has 2 aliphatic heterocycles. The molecule has 1 aliphatic carbocycles. The minimum atomic E-state index is -0.295. The molecule has 3 fully saturated rings. The smallest absolute Gasteiger partial charge is 0.250 e. The van der Waals surface area contributed by atoms with E-state index >= 15 is 0 Å². The molecular formula is C15H29Cl2N3O2. The molecule has 1 amide bonds. The fourth-order valence-electron chi connectivity index (χ4n) is 3.71. The molecule has 0 aromatic carbocycles. The molecule has 0 aromatic rings. The van der Waals surface area contributed by atoms with E-state index in [0.717, 1.165) is 38.5 Å². The van der Waals surface area contributed by atoms with E-state index in [2.05, 4.69) is 15.5 Å². The summed E-state index contributed by atoms with van der Waals surface area (Å²) in [5.74, 6) is 0.0662. The van der Waals surface area contributed by atoms with E-state index in [1.54, 1.807) is 0 Å². The van der Waals surface area contributed by atoms with Crippen LogP contribution in [0.2, 0.25) is 0 Å². The van der Waals surface area contributed by atoms with Gasteiger partial charge >= 0.3 is 0 Å². The molecule has 0 radical (unpaired) electrons. The van der Waals surface area contributed by atoms with Crippen molar-refractivity contribution in [3.63, 3.8) is 0 Å². The summed E-state index contributed by atoms with van der Waals surface area (Å²) in [6.07, 6.45) is 7.42. The number of piperidine rings is 1. The maximum absolute atomic E-state index is 12.1. The van der Waals surface area contributed by atoms with Crippen LogP contribution >= 0.6 is 24.8 Å². The Morgan fingerprint density at radius 1 is 1.09 bits per heavy atom. The van der Waals surface area contributed by atoms with Crippen molar-refractivity contribution in [3.05, 3.63) is 0 Å². The third-order valence-corrected chi connectivity index (χ3v) is 4.94. The summed E-state index contributed by atoms with van der Waals surface area (Å²) in [5.41, 5.74) is 0. The van der Waals surface area contributed by atoms with Crippen molar-refractivity contribution in [1.29, 1.82) is 0 Å². The first-order valence-electron chi connectivity index (χ1n) is 8.19. The number of morpholine rings is 1. The molecule has 130 valence electrons. The Morgan fingerprint density at radius 2 is 1.77 bits per heavy atom. The summed E-state index contributed by atoms with van der Waals surface area (Å²) in [7, 11) is 0. The van der Waals surface area contributed by atoms with Crippen LogP contribution in [0.4, 0.5) is 0 Å². The Kier molecular flexibility index (Phi) is 9.02. The molecule has 1 atom stereocenters. The van der Waals surface area contributed by atoms with Crippen LogP contribution in [0.15, 0.2) is 0 Å². The molecule has 22 heavy (non-hydrogen) atoms. The molecule has 1 unspecified atom stereocenters. The number of nitrogens with one attached hydrogen (secondary N) is 2. The molecule has 2 heterocycles. The number of likely N-dealkylation sites (tertiary alicyclic amines) is 1. The lowest BCUT2D eigenvalue weighted by atomic mass is 10.0. The summed E-state index contributed by atoms with van der Waals surface area (Å²) in [6, 6.07) is 1.16. The van der Waals surface area contributed by atoms with Crippen LogP contribution in [-0.2, 0) is 9.53 Å². The van der Waals surface area contributed by atoms with E-state index in [9.17, 15) is 4.79 Å². The minimum Gasteiger partial charge on any atom is -0.366 e. The van der Waals surface area contributed by atoms with Crippen molar-refractivity contribution in [1.82, 2.24) is 15.5 Å². The second kappa shape index (κ2) is 9.93. The van der Waals surface area contributed by atoms with Crippen molar-refractivity contribution in [2.24, 2.45) is 0 Å². The van der Waals surface area contributed by atoms with Crippen LogP contribution < -0.4 is 10.6 Å². The van der Waals surface area contributed by atoms with Gasteiger partial charge in [0.15, 0.2) is 0 Å². The molecule has 3 rings (SSSR count). The Morgan fingerprint density at radius 3 is 2.36 bits per heavy atom. The first-order valence-corrected chi connectivity index (χ1v) is 8.19. The zero-order valence-electron chi connectivity index (χ0n) is 13.1. The molecule has 1 saturated carbocycles. The van der Waals surface area contributed by atoms with Gasteiger partial charge in [-0.1, -0.05) is 12.8 Å². The molecule has 5 nitrogen and oxygen atoms in total. The summed E-state index contributed by atoms with van der Waals surface area (Å²) >= 11 is 0. The number of nitrogens with zero attached hydrogens (tertiary/aromatic N) is 1. The molecule has 3 aliphatic rings. The lowest BCUT2D eigenvalue weighted by Crippen LogP contribution is -2.53. The summed E-state index contributed by atoms with van der Waals surface area (Å²) in [5, 5.41) is 6.37. The second-order valence-electron chi connectivity index (χ2n) is 6.32. The lowest BCUT2D eigenvalue weighted by molar-refractivity contribution is -0.135. The van der Waals surface area contributed by atoms with Crippen molar-refractivity contribution in [2.75, 3.05) is 32.8 Å². The summed E-state index contributed by atoms with van der Waals surface area (Å²) < 4.78 is 5.50. The Labute approximate surface area is 145 Å². The normalized spacial score (nSPS) is 27.7. The Hall–Kier alpha value is -0.0700. The van der Waals surface area contributed by atoms with Crippen LogP contribution in [0.1, 0.15) is 38.5 Å². The van der Waals surface area contributed by atoms with Crippen LogP contribution in [0, 0.1) is 0 Å². The van der Waals surface area contributed by atoms with Gasteiger partial charge in [-0.25, -0.2) is 0 Å². The highest BCUT2D eigenvalue weighted by Crippen LogP contribution is 2.26. The number of rotatable bonds is 3. The molecule has 7 heteroatoms. The number of carbonyl (C=O) groups excluding carboxylic acids is 1. The fourth-order valence-corrected chi connectivity index (χ4v) is 3.71. The second-order valence-corrected chi connectivity index (χ2v) is 6.32. The van der Waals surface area contributed by atoms with Gasteiger partial charge < -0.3 is 20.3 Å². The SMILES string of the molecule is Cl.Cl.O=C(NC1CCN(C2CCCC2)CC1)C1CNCCO1. The highest BCUT2D eigenvalue weighted by atomic mass is 35.5. The van der Waals surface area contributed by atoms with Crippen molar-refractivity contribution < 1.29 is 9.53 Å². The summed E-state index contributed by atoms with van der Waals surface area (Å²) in [4.78, 5) is 14.7. The molecule has 0 aromatic heterocycles. The van der Waals surface area contributed by atoms with Gasteiger partial charge in [0.25, 0.3) is 5.91 Å². The lowest BCUT2D eigenvalue weighted by Gasteiger charge is -2.36. The highest BCUT2D eigenvalue weighted by Gasteiger charge is 2.29. The van der Waals surface area contributed by atoms with Gasteiger partial charge in [0.1, 0.15) is 6.10 Å². The fraction of sp³-hybridized carbons (Fsp3) is 0.933. The van der Waals surface area contributed by atoms with Crippen LogP contribution in [0.25, 0.3) is 0 Å². The number of carbonyl (C=O) groups is 1. The van der Waals surface area contributed by atoms with E-state index in [-0.39, 0.29) is 36.8 Å². The first-order chi connectivity index (χ1) is 9.83. The number of amides is 1. The maximum atomic E-state index is 12.1. The van der Waals surface area contributed by atoms with Crippen LogP contribution in [0.5, 0.6) is 0 Å². The zero-order valence-corrected chi connectivity index (χ0v) is 14.7. The van der Waals surface area contributed by atoms with E-state index in [1.807, 2.05) is 0 Å². The minimum absolute atomic E-state index is 0. The zero-order chi connectivity index (χ0) is 13.8. The van der Waals surface area contributed by atoms with Crippen molar-refractivity contribution in [3.8, 4) is 0 Å². The highest BCUT2D eigenvalue weighted by molar-refractivity contribution is 5.85. The average Bonchev–Trinajstić information content (AvgIpc) is 3.03. The van der Waals surface area contributed by atoms with Gasteiger partial charge in [0, 0.05) is 38.3 Å². The average molecular weight is 354 g/mol. The Bertz CT molecular complexity index is 327. The van der Waals surface area contributed by atoms with Gasteiger partial charge in [-0.2, -0.15) is 0 Å². The van der Waals surface area contributed by atoms with E-state index in [1.165, 1.54) is 25.7 Å². The molecule has 2 N–H and O–H groups in total. The van der Waals surface area contributed by atoms with Crippen LogP contribution in [0.3, 0.4) is 0 Å². The van der Waals surface area contributed by atoms with Crippen LogP contribution in [-0.4, -0.2) is 61.8 Å². The largest absolute Gasteiger partial charge is 0.366 e. The van der Waals surface area contributed by atoms with E-state index in [4.69, 9.17) is 4.74 Å². The first kappa shape index (κ1) is 20.0. The predicted octanol–water partition coefficient (Wildman–Crippen LogP) is 1.34. The van der Waals surface area contributed by atoms with Gasteiger partial charge in [-0.15, -0.1) is 24.8 Å². The number of ether oxygens (including phenoxy) is 1. The molecule has 2 saturated heterocycles. The van der Waals surface area contributed by atoms with Crippen molar-refractivity contribution >= 4 is 30.7 Å². The molecule has 0 bridgehead atoms. The topological polar surface area (TPSA) is 53.6 Å². The van der Waals surface area contributed by atoms with E-state index < -0.39 is 0 Å². The van der Waals surface area contributed by atoms with Gasteiger partial charge in [0.05, 0.1) is 6.61 Å². The molecule has 0 spiro atoms. The predicted molar refractivity (Wildman–Crippen MR) is 92.1 cm³/mol. The van der Waals surface area contributed by atoms with E-state index in [0.29, 0.717) is 19.2 Å². The third-order valence-electron chi connectivity index (χ3n) is 4.94. The quantitative estimate of drug-likeness (QED) is 0.803. The Balaban J connectivity index is 0.00000121. The third kappa shape index (κ3) is 5.24. The maximum Gasteiger partial charge on any atom is 0.250 e. The van der Waals surface area contributed by atoms with Gasteiger partial charge in [-0.05, 0) is 25.7 Å². The number of hydrogen-bond donors (Lipinski definition) is 2. The number of halogens is 2. The van der Waals surface area contributed by atoms with Crippen molar-refractivity contribution in [2.45, 2.75) is 56.7 Å². The molecular weight excluding hydrogens is 325 g/mol. The standard InChI is InChI=1S/C15H27N3O2.2ClH/c19-15(14-11-16-7-10-20-14)17-12-5-8-18(9-6-12)13-3-1-2-4-13;;/h12-14,16H,1-11H2,(H,17,19);2*1H. The van der Waals surface area contributed by atoms with Gasteiger partial charge in [-0.3, -0.25) is 4.79 Å². The summed E-state index contributed by atoms with van der Waals surface area (Å²) in [6.45, 7) is 4.41.